The molecule has 1 unspecified atom stereocenters. The van der Waals surface area contributed by atoms with Gasteiger partial charge in [0.25, 0.3) is 11.8 Å². The largest absolute Gasteiger partial charge is 0.477 e. The van der Waals surface area contributed by atoms with Crippen molar-refractivity contribution in [3.63, 3.8) is 0 Å². The standard InChI is InChI=1S/C22H21N8O8PS4/c1-3-38-26-13(16-25-21(43-28-16)27-39(35,36)37)17(31)24-14-18(32)30-15(20(33)34)12(9-40-19(14)30)42-22-23-11(8-41-22)10-4-6-29(2)7-5-10/h4-8,14,19H,3,9H2,1-2H3,(H4-,24,25,27,28,31,33,34,35,36,37)/p+1/b26-13+/t14?,19-/m1/s1. The van der Waals surface area contributed by atoms with Gasteiger partial charge in [-0.2, -0.15) is 9.36 Å². The van der Waals surface area contributed by atoms with Crippen molar-refractivity contribution in [1.29, 1.82) is 0 Å². The zero-order chi connectivity index (χ0) is 30.9. The summed E-state index contributed by atoms with van der Waals surface area (Å²) in [5.74, 6) is -2.84. The number of fused-ring (bicyclic) bond motifs is 1. The average molecular weight is 686 g/mol. The van der Waals surface area contributed by atoms with Crippen molar-refractivity contribution in [2.24, 2.45) is 12.2 Å². The van der Waals surface area contributed by atoms with Crippen molar-refractivity contribution in [2.75, 3.05) is 17.4 Å². The first kappa shape index (κ1) is 31.0. The minimum absolute atomic E-state index is 0.0843. The number of nitrogens with zero attached hydrogens (tertiary/aromatic N) is 6. The number of anilines is 1. The normalized spacial score (nSPS) is 18.7. The van der Waals surface area contributed by atoms with Crippen LogP contribution in [0.15, 0.2) is 50.0 Å². The highest BCUT2D eigenvalue weighted by molar-refractivity contribution is 8.07. The number of thioether (sulfide) groups is 2. The Morgan fingerprint density at radius 2 is 2.05 bits per heavy atom. The highest BCUT2D eigenvalue weighted by atomic mass is 32.2. The number of carboxylic acid groups (broad SMARTS) is 1. The average Bonchev–Trinajstić information content (AvgIpc) is 3.60. The lowest BCUT2D eigenvalue weighted by atomic mass is 10.0. The molecule has 0 aliphatic carbocycles. The third-order valence-corrected chi connectivity index (χ3v) is 10.5. The molecule has 0 radical (unpaired) electrons. The Balaban J connectivity index is 1.31. The van der Waals surface area contributed by atoms with Crippen LogP contribution < -0.4 is 15.0 Å². The van der Waals surface area contributed by atoms with Crippen LogP contribution in [0.5, 0.6) is 0 Å². The van der Waals surface area contributed by atoms with Crippen molar-refractivity contribution in [3.05, 3.63) is 46.3 Å². The van der Waals surface area contributed by atoms with Gasteiger partial charge in [-0.3, -0.25) is 19.6 Å². The summed E-state index contributed by atoms with van der Waals surface area (Å²) in [5, 5.41) is 19.0. The van der Waals surface area contributed by atoms with Crippen LogP contribution in [0.1, 0.15) is 12.7 Å². The van der Waals surface area contributed by atoms with Gasteiger partial charge in [0.1, 0.15) is 30.8 Å². The van der Waals surface area contributed by atoms with Crippen LogP contribution in [0.3, 0.4) is 0 Å². The molecule has 0 spiro atoms. The first-order valence-electron chi connectivity index (χ1n) is 12.1. The van der Waals surface area contributed by atoms with Gasteiger partial charge in [0.15, 0.2) is 16.7 Å². The van der Waals surface area contributed by atoms with E-state index >= 15 is 0 Å². The number of amides is 2. The van der Waals surface area contributed by atoms with Crippen LogP contribution in [0.4, 0.5) is 5.13 Å². The highest BCUT2D eigenvalue weighted by Crippen LogP contribution is 2.46. The van der Waals surface area contributed by atoms with E-state index in [0.717, 1.165) is 16.2 Å². The topological polar surface area (TPSA) is 220 Å². The molecule has 1 saturated heterocycles. The Kier molecular flexibility index (Phi) is 9.16. The second kappa shape index (κ2) is 12.7. The quantitative estimate of drug-likeness (QED) is 0.0630. The van der Waals surface area contributed by atoms with Crippen LogP contribution in [0, 0.1) is 0 Å². The molecule has 16 nitrogen and oxygen atoms in total. The Morgan fingerprint density at radius 1 is 1.30 bits per heavy atom. The number of oxime groups is 1. The van der Waals surface area contributed by atoms with Crippen molar-refractivity contribution in [3.8, 4) is 11.3 Å². The molecular weight excluding hydrogens is 664 g/mol. The Morgan fingerprint density at radius 3 is 2.72 bits per heavy atom. The summed E-state index contributed by atoms with van der Waals surface area (Å²) in [6.45, 7) is 1.70. The first-order valence-corrected chi connectivity index (χ1v) is 17.3. The SMILES string of the molecule is CCO/N=C(/C(=O)NC1C(=O)N2C(C(=O)O)=C(Sc3nc(-c4cc[n+](C)cc4)cs3)CS[C@H]12)c1nsc(NP(=O)(O)O)n1. The number of thiazole rings is 1. The molecule has 226 valence electrons. The fourth-order valence-corrected chi connectivity index (χ4v) is 8.60. The van der Waals surface area contributed by atoms with E-state index in [9.17, 15) is 24.1 Å². The molecule has 5 rings (SSSR count). The molecule has 2 aliphatic rings. The zero-order valence-corrected chi connectivity index (χ0v) is 26.3. The second-order valence-corrected chi connectivity index (χ2v) is 14.1. The lowest BCUT2D eigenvalue weighted by Gasteiger charge is -2.49. The van der Waals surface area contributed by atoms with Gasteiger partial charge in [0.05, 0.1) is 5.69 Å². The molecule has 3 aromatic rings. The number of carboxylic acids is 1. The summed E-state index contributed by atoms with van der Waals surface area (Å²) in [5.41, 5.74) is 1.06. The number of aryl methyl sites for hydroxylation is 1. The molecule has 0 bridgehead atoms. The van der Waals surface area contributed by atoms with Gasteiger partial charge < -0.3 is 25.0 Å². The molecule has 3 aromatic heterocycles. The predicted molar refractivity (Wildman–Crippen MR) is 158 cm³/mol. The maximum absolute atomic E-state index is 13.2. The number of aliphatic carboxylic acids is 1. The summed E-state index contributed by atoms with van der Waals surface area (Å²) in [4.78, 5) is 71.9. The maximum Gasteiger partial charge on any atom is 0.429 e. The number of hydrogen-bond acceptors (Lipinski definition) is 13. The molecule has 1 fully saturated rings. The highest BCUT2D eigenvalue weighted by Gasteiger charge is 2.54. The second-order valence-electron chi connectivity index (χ2n) is 8.73. The number of pyridine rings is 1. The monoisotopic (exact) mass is 685 g/mol. The fraction of sp³-hybridized carbons (Fsp3) is 0.273. The van der Waals surface area contributed by atoms with Gasteiger partial charge in [0.2, 0.25) is 16.7 Å². The first-order chi connectivity index (χ1) is 20.4. The van der Waals surface area contributed by atoms with Crippen LogP contribution in [0.25, 0.3) is 11.3 Å². The number of carbonyl (C=O) groups excluding carboxylic acids is 2. The molecular formula is C22H22N8O8PS4+. The van der Waals surface area contributed by atoms with E-state index < -0.39 is 42.7 Å². The van der Waals surface area contributed by atoms with Gasteiger partial charge in [-0.05, 0) is 6.92 Å². The van der Waals surface area contributed by atoms with Gasteiger partial charge in [-0.25, -0.2) is 18.9 Å². The smallest absolute Gasteiger partial charge is 0.429 e. The Bertz CT molecular complexity index is 1690. The summed E-state index contributed by atoms with van der Waals surface area (Å²) in [6.07, 6.45) is 3.80. The molecule has 5 heterocycles. The molecule has 5 N–H and O–H groups in total. The Hall–Kier alpha value is -3.39. The summed E-state index contributed by atoms with van der Waals surface area (Å²) in [6, 6.07) is 2.77. The lowest BCUT2D eigenvalue weighted by Crippen LogP contribution is -2.71. The van der Waals surface area contributed by atoms with Crippen molar-refractivity contribution >= 4 is 82.8 Å². The van der Waals surface area contributed by atoms with Gasteiger partial charge in [0, 0.05) is 45.3 Å². The van der Waals surface area contributed by atoms with E-state index in [1.54, 1.807) is 6.92 Å². The summed E-state index contributed by atoms with van der Waals surface area (Å²) >= 11 is 4.40. The van der Waals surface area contributed by atoms with Gasteiger partial charge in [-0.1, -0.05) is 16.9 Å². The summed E-state index contributed by atoms with van der Waals surface area (Å²) < 4.78 is 17.6. The molecule has 2 aliphatic heterocycles. The molecule has 2 amide bonds. The van der Waals surface area contributed by atoms with E-state index in [0.29, 0.717) is 20.8 Å². The number of nitrogens with one attached hydrogen (secondary N) is 2. The van der Waals surface area contributed by atoms with Crippen molar-refractivity contribution < 1.29 is 43.2 Å². The maximum atomic E-state index is 13.2. The predicted octanol–water partition coefficient (Wildman–Crippen LogP) is 1.22. The van der Waals surface area contributed by atoms with Crippen LogP contribution in [-0.2, 0) is 30.8 Å². The lowest BCUT2D eigenvalue weighted by molar-refractivity contribution is -0.671. The molecule has 2 atom stereocenters. The van der Waals surface area contributed by atoms with E-state index in [2.05, 4.69) is 24.8 Å². The minimum atomic E-state index is -4.67. The third kappa shape index (κ3) is 6.90. The van der Waals surface area contributed by atoms with Crippen molar-refractivity contribution in [2.45, 2.75) is 22.7 Å². The third-order valence-electron chi connectivity index (χ3n) is 5.77. The van der Waals surface area contributed by atoms with E-state index in [-0.39, 0.29) is 29.0 Å². The zero-order valence-electron chi connectivity index (χ0n) is 22.1. The van der Waals surface area contributed by atoms with Gasteiger partial charge in [-0.15, -0.1) is 23.1 Å². The van der Waals surface area contributed by atoms with Gasteiger partial charge >= 0.3 is 13.7 Å². The number of carbonyl (C=O) groups is 3. The Labute approximate surface area is 259 Å². The number of β-lactam (4-membered cyclic amide) rings is 1. The van der Waals surface area contributed by atoms with E-state index in [1.807, 2.05) is 46.6 Å². The van der Waals surface area contributed by atoms with Crippen LogP contribution >= 0.6 is 54.1 Å². The number of aromatic nitrogens is 4. The summed E-state index contributed by atoms with van der Waals surface area (Å²) in [7, 11) is -2.77. The van der Waals surface area contributed by atoms with Crippen molar-refractivity contribution in [1.82, 2.24) is 24.6 Å². The number of hydrogen-bond donors (Lipinski definition) is 5. The van der Waals surface area contributed by atoms with E-state index in [4.69, 9.17) is 14.6 Å². The number of rotatable bonds is 11. The molecule has 43 heavy (non-hydrogen) atoms. The molecule has 0 saturated carbocycles. The minimum Gasteiger partial charge on any atom is -0.477 e. The van der Waals surface area contributed by atoms with Crippen LogP contribution in [0.2, 0.25) is 0 Å². The van der Waals surface area contributed by atoms with Crippen LogP contribution in [-0.4, -0.2) is 81.4 Å². The van der Waals surface area contributed by atoms with E-state index in [1.165, 1.54) is 34.9 Å². The molecule has 0 aromatic carbocycles. The fourth-order valence-electron chi connectivity index (χ4n) is 3.90. The molecule has 21 heteroatoms.